The number of allylic oxidation sites excluding steroid dienone is 4. The first-order valence-electron chi connectivity index (χ1n) is 6.98. The van der Waals surface area contributed by atoms with E-state index in [2.05, 4.69) is 36.9 Å². The summed E-state index contributed by atoms with van der Waals surface area (Å²) in [6.45, 7) is 8.63. The summed E-state index contributed by atoms with van der Waals surface area (Å²) in [5.41, 5.74) is 2.78. The molecular formula is C17H21NO2Si. The highest BCUT2D eigenvalue weighted by Crippen LogP contribution is 2.27. The maximum Gasteiger partial charge on any atom is 0.155 e. The van der Waals surface area contributed by atoms with Gasteiger partial charge in [0.15, 0.2) is 5.76 Å². The summed E-state index contributed by atoms with van der Waals surface area (Å²) in [7, 11) is -1.56. The van der Waals surface area contributed by atoms with Gasteiger partial charge < -0.3 is 9.94 Å². The molecule has 0 atom stereocenters. The Morgan fingerprint density at radius 1 is 1.19 bits per heavy atom. The van der Waals surface area contributed by atoms with Crippen LogP contribution in [0.3, 0.4) is 0 Å². The van der Waals surface area contributed by atoms with Gasteiger partial charge in [-0.1, -0.05) is 61.2 Å². The average molecular weight is 299 g/mol. The molecule has 0 fully saturated rings. The van der Waals surface area contributed by atoms with E-state index in [0.717, 1.165) is 16.5 Å². The van der Waals surface area contributed by atoms with Crippen molar-refractivity contribution in [2.24, 2.45) is 5.16 Å². The van der Waals surface area contributed by atoms with Crippen molar-refractivity contribution >= 4 is 19.4 Å². The third-order valence-corrected chi connectivity index (χ3v) is 5.03. The van der Waals surface area contributed by atoms with E-state index in [-0.39, 0.29) is 0 Å². The maximum absolute atomic E-state index is 9.12. The monoisotopic (exact) mass is 299 g/mol. The standard InChI is InChI=1S/C17H21NO2Si/c1-13(14-8-6-5-7-9-14)10-11-16-15(18-19)12-17(20-16)21(2,3)4/h5-12,19H,1-4H3/b13-10+,16-11+,18-15+. The highest BCUT2D eigenvalue weighted by Gasteiger charge is 2.29. The summed E-state index contributed by atoms with van der Waals surface area (Å²) < 4.78 is 5.86. The van der Waals surface area contributed by atoms with E-state index in [4.69, 9.17) is 9.94 Å². The Balaban J connectivity index is 2.24. The van der Waals surface area contributed by atoms with Crippen LogP contribution < -0.4 is 0 Å². The number of rotatable bonds is 3. The van der Waals surface area contributed by atoms with Gasteiger partial charge in [0.1, 0.15) is 13.8 Å². The topological polar surface area (TPSA) is 41.8 Å². The molecule has 0 bridgehead atoms. The molecule has 0 aliphatic carbocycles. The molecule has 3 nitrogen and oxygen atoms in total. The Kier molecular flexibility index (Phi) is 4.48. The van der Waals surface area contributed by atoms with Crippen molar-refractivity contribution in [2.75, 3.05) is 0 Å². The first-order valence-corrected chi connectivity index (χ1v) is 10.5. The molecule has 2 rings (SSSR count). The summed E-state index contributed by atoms with van der Waals surface area (Å²) in [4.78, 5) is 0. The third kappa shape index (κ3) is 3.73. The fourth-order valence-electron chi connectivity index (χ4n) is 1.96. The number of benzene rings is 1. The van der Waals surface area contributed by atoms with Gasteiger partial charge in [0.25, 0.3) is 0 Å². The maximum atomic E-state index is 9.12. The summed E-state index contributed by atoms with van der Waals surface area (Å²) in [6.07, 6.45) is 5.68. The molecule has 0 radical (unpaired) electrons. The van der Waals surface area contributed by atoms with Crippen molar-refractivity contribution in [1.82, 2.24) is 0 Å². The molecule has 0 unspecified atom stereocenters. The molecule has 0 saturated heterocycles. The second kappa shape index (κ2) is 6.14. The Morgan fingerprint density at radius 3 is 2.43 bits per heavy atom. The molecule has 1 aromatic rings. The number of ether oxygens (including phenoxy) is 1. The number of nitrogens with zero attached hydrogens (tertiary/aromatic N) is 1. The van der Waals surface area contributed by atoms with Crippen LogP contribution in [0.15, 0.2) is 64.9 Å². The Labute approximate surface area is 127 Å². The van der Waals surface area contributed by atoms with Gasteiger partial charge >= 0.3 is 0 Å². The molecule has 4 heteroatoms. The molecule has 1 aromatic carbocycles. The smallest absolute Gasteiger partial charge is 0.155 e. The predicted molar refractivity (Wildman–Crippen MR) is 89.9 cm³/mol. The third-order valence-electron chi connectivity index (χ3n) is 3.30. The van der Waals surface area contributed by atoms with Gasteiger partial charge in [-0.25, -0.2) is 0 Å². The SMILES string of the molecule is C\C(=C/C=C1/OC([Si](C)(C)C)=C/C1=N\O)c1ccccc1. The largest absolute Gasteiger partial charge is 0.464 e. The van der Waals surface area contributed by atoms with Gasteiger partial charge in [-0.2, -0.15) is 0 Å². The van der Waals surface area contributed by atoms with Gasteiger partial charge in [0, 0.05) is 6.08 Å². The van der Waals surface area contributed by atoms with E-state index >= 15 is 0 Å². The van der Waals surface area contributed by atoms with Gasteiger partial charge in [0.05, 0.1) is 5.38 Å². The number of hydrogen-bond donors (Lipinski definition) is 1. The minimum absolute atomic E-state index is 0.490. The van der Waals surface area contributed by atoms with E-state index in [1.807, 2.05) is 43.4 Å². The van der Waals surface area contributed by atoms with Crippen molar-refractivity contribution in [3.63, 3.8) is 0 Å². The van der Waals surface area contributed by atoms with E-state index in [1.54, 1.807) is 0 Å². The van der Waals surface area contributed by atoms with E-state index in [1.165, 1.54) is 0 Å². The molecule has 1 N–H and O–H groups in total. The quantitative estimate of drug-likeness (QED) is 0.503. The first-order chi connectivity index (χ1) is 9.91. The molecule has 1 aliphatic heterocycles. The van der Waals surface area contributed by atoms with E-state index in [9.17, 15) is 0 Å². The summed E-state index contributed by atoms with van der Waals surface area (Å²) in [6, 6.07) is 10.1. The number of oxime groups is 1. The molecule has 0 spiro atoms. The van der Waals surface area contributed by atoms with Crippen LogP contribution in [0.25, 0.3) is 5.57 Å². The summed E-state index contributed by atoms with van der Waals surface area (Å²) in [5.74, 6) is 0.602. The molecule has 110 valence electrons. The van der Waals surface area contributed by atoms with Crippen LogP contribution in [0.2, 0.25) is 19.6 Å². The lowest BCUT2D eigenvalue weighted by molar-refractivity contribution is 0.314. The normalized spacial score (nSPS) is 19.8. The van der Waals surface area contributed by atoms with Crippen molar-refractivity contribution in [1.29, 1.82) is 0 Å². The summed E-state index contributed by atoms with van der Waals surface area (Å²) >= 11 is 0. The van der Waals surface area contributed by atoms with E-state index in [0.29, 0.717) is 11.5 Å². The first kappa shape index (κ1) is 15.3. The molecule has 0 saturated carbocycles. The molecular weight excluding hydrogens is 278 g/mol. The van der Waals surface area contributed by atoms with Crippen LogP contribution in [-0.4, -0.2) is 19.0 Å². The molecule has 0 aromatic heterocycles. The zero-order chi connectivity index (χ0) is 15.5. The average Bonchev–Trinajstić information content (AvgIpc) is 2.89. The lowest BCUT2D eigenvalue weighted by Crippen LogP contribution is -2.23. The summed E-state index contributed by atoms with van der Waals surface area (Å²) in [5, 5.41) is 13.4. The van der Waals surface area contributed by atoms with E-state index < -0.39 is 8.07 Å². The van der Waals surface area contributed by atoms with Gasteiger partial charge in [-0.15, -0.1) is 0 Å². The van der Waals surface area contributed by atoms with Crippen LogP contribution in [0.1, 0.15) is 12.5 Å². The molecule has 0 amide bonds. The number of hydrogen-bond acceptors (Lipinski definition) is 3. The van der Waals surface area contributed by atoms with Crippen LogP contribution in [0, 0.1) is 0 Å². The second-order valence-corrected chi connectivity index (χ2v) is 11.1. The lowest BCUT2D eigenvalue weighted by Gasteiger charge is -2.16. The Hall–Kier alpha value is -2.07. The van der Waals surface area contributed by atoms with Crippen molar-refractivity contribution < 1.29 is 9.94 Å². The van der Waals surface area contributed by atoms with Crippen LogP contribution in [0.4, 0.5) is 0 Å². The Bertz CT molecular complexity index is 635. The van der Waals surface area contributed by atoms with Crippen molar-refractivity contribution in [2.45, 2.75) is 26.6 Å². The zero-order valence-electron chi connectivity index (χ0n) is 12.9. The van der Waals surface area contributed by atoms with Crippen LogP contribution >= 0.6 is 0 Å². The minimum Gasteiger partial charge on any atom is -0.464 e. The highest BCUT2D eigenvalue weighted by atomic mass is 28.3. The molecule has 1 heterocycles. The van der Waals surface area contributed by atoms with Gasteiger partial charge in [-0.3, -0.25) is 0 Å². The lowest BCUT2D eigenvalue weighted by atomic mass is 10.1. The van der Waals surface area contributed by atoms with Crippen LogP contribution in [-0.2, 0) is 4.74 Å². The fraction of sp³-hybridized carbons (Fsp3) is 0.235. The van der Waals surface area contributed by atoms with Gasteiger partial charge in [0.2, 0.25) is 0 Å². The van der Waals surface area contributed by atoms with Crippen molar-refractivity contribution in [3.05, 3.63) is 65.3 Å². The van der Waals surface area contributed by atoms with Crippen LogP contribution in [0.5, 0.6) is 0 Å². The predicted octanol–water partition coefficient (Wildman–Crippen LogP) is 4.60. The molecule has 21 heavy (non-hydrogen) atoms. The second-order valence-electron chi connectivity index (χ2n) is 6.09. The van der Waals surface area contributed by atoms with Crippen molar-refractivity contribution in [3.8, 4) is 0 Å². The Morgan fingerprint density at radius 2 is 1.86 bits per heavy atom. The molecule has 1 aliphatic rings. The minimum atomic E-state index is -1.56. The zero-order valence-corrected chi connectivity index (χ0v) is 13.9. The highest BCUT2D eigenvalue weighted by molar-refractivity contribution is 6.83. The fourth-order valence-corrected chi connectivity index (χ4v) is 2.95. The van der Waals surface area contributed by atoms with Gasteiger partial charge in [-0.05, 0) is 24.1 Å².